The lowest BCUT2D eigenvalue weighted by Crippen LogP contribution is -2.39. The van der Waals surface area contributed by atoms with E-state index >= 15 is 0 Å². The highest BCUT2D eigenvalue weighted by atomic mass is 15.8. The first-order chi connectivity index (χ1) is 3.81. The number of hydrazone groups is 1. The molecule has 0 aliphatic carbocycles. The van der Waals surface area contributed by atoms with Crippen LogP contribution in [0.4, 0.5) is 0 Å². The Morgan fingerprint density at radius 3 is 2.62 bits per heavy atom. The van der Waals surface area contributed by atoms with Gasteiger partial charge in [0.05, 0.1) is 0 Å². The van der Waals surface area contributed by atoms with Gasteiger partial charge in [-0.25, -0.2) is 11.0 Å². The molecule has 4 nitrogen and oxygen atoms in total. The standard InChI is InChI=1S/C4H12N4/c1-4-6-7-8(3)5-2/h4-5,7H,1-3H3/b6-4+. The Balaban J connectivity index is 3.10. The zero-order chi connectivity index (χ0) is 6.41. The molecule has 8 heavy (non-hydrogen) atoms. The topological polar surface area (TPSA) is 39.7 Å². The second kappa shape index (κ2) is 4.55. The van der Waals surface area contributed by atoms with E-state index in [1.54, 1.807) is 18.4 Å². The van der Waals surface area contributed by atoms with E-state index < -0.39 is 0 Å². The molecule has 0 radical (unpaired) electrons. The second-order valence-electron chi connectivity index (χ2n) is 1.27. The molecule has 0 unspecified atom stereocenters. The van der Waals surface area contributed by atoms with Crippen LogP contribution < -0.4 is 11.0 Å². The molecule has 2 N–H and O–H groups in total. The summed E-state index contributed by atoms with van der Waals surface area (Å²) in [5, 5.41) is 5.37. The van der Waals surface area contributed by atoms with Crippen LogP contribution >= 0.6 is 0 Å². The lowest BCUT2D eigenvalue weighted by molar-refractivity contribution is 0.177. The number of hydrogen-bond donors (Lipinski definition) is 2. The SMILES string of the molecule is C/C=N/NN(C)NC. The maximum atomic E-state index is 3.73. The first-order valence-corrected chi connectivity index (χ1v) is 2.45. The van der Waals surface area contributed by atoms with Gasteiger partial charge in [-0.05, 0) is 6.92 Å². The van der Waals surface area contributed by atoms with Gasteiger partial charge in [0.25, 0.3) is 0 Å². The van der Waals surface area contributed by atoms with Crippen molar-refractivity contribution in [2.75, 3.05) is 14.1 Å². The van der Waals surface area contributed by atoms with Gasteiger partial charge in [0.2, 0.25) is 0 Å². The van der Waals surface area contributed by atoms with E-state index in [-0.39, 0.29) is 0 Å². The summed E-state index contributed by atoms with van der Waals surface area (Å²) in [6.45, 7) is 1.84. The molecule has 0 saturated carbocycles. The number of rotatable bonds is 3. The zero-order valence-corrected chi connectivity index (χ0v) is 5.47. The van der Waals surface area contributed by atoms with E-state index in [1.807, 2.05) is 14.0 Å². The van der Waals surface area contributed by atoms with E-state index in [1.165, 1.54) is 0 Å². The molecule has 0 bridgehead atoms. The third kappa shape index (κ3) is 3.58. The van der Waals surface area contributed by atoms with E-state index in [2.05, 4.69) is 16.1 Å². The molecule has 0 aromatic carbocycles. The van der Waals surface area contributed by atoms with Gasteiger partial charge in [-0.3, -0.25) is 0 Å². The maximum absolute atomic E-state index is 3.73. The van der Waals surface area contributed by atoms with Crippen molar-refractivity contribution in [2.24, 2.45) is 5.10 Å². The minimum absolute atomic E-state index is 1.64. The summed E-state index contributed by atoms with van der Waals surface area (Å²) in [6, 6.07) is 0. The quantitative estimate of drug-likeness (QED) is 0.388. The molecule has 0 fully saturated rings. The smallest absolute Gasteiger partial charge is 0.0240 e. The molecule has 0 atom stereocenters. The van der Waals surface area contributed by atoms with Gasteiger partial charge >= 0.3 is 0 Å². The Hall–Kier alpha value is -0.610. The van der Waals surface area contributed by atoms with Gasteiger partial charge in [0.15, 0.2) is 0 Å². The molecule has 0 spiro atoms. The van der Waals surface area contributed by atoms with Gasteiger partial charge in [-0.2, -0.15) is 5.10 Å². The van der Waals surface area contributed by atoms with E-state index in [4.69, 9.17) is 0 Å². The highest BCUT2D eigenvalue weighted by molar-refractivity contribution is 5.52. The van der Waals surface area contributed by atoms with Crippen LogP contribution in [-0.4, -0.2) is 25.4 Å². The fourth-order valence-corrected chi connectivity index (χ4v) is 0.194. The number of hydrazine groups is 2. The molecule has 0 saturated heterocycles. The minimum Gasteiger partial charge on any atom is -0.239 e. The lowest BCUT2D eigenvalue weighted by Gasteiger charge is -2.11. The third-order valence-corrected chi connectivity index (χ3v) is 0.672. The van der Waals surface area contributed by atoms with Gasteiger partial charge in [-0.1, -0.05) is 0 Å². The van der Waals surface area contributed by atoms with Crippen molar-refractivity contribution in [2.45, 2.75) is 6.92 Å². The van der Waals surface area contributed by atoms with E-state index in [0.29, 0.717) is 0 Å². The number of hydrogen-bond acceptors (Lipinski definition) is 4. The third-order valence-electron chi connectivity index (χ3n) is 0.672. The highest BCUT2D eigenvalue weighted by Crippen LogP contribution is 1.60. The van der Waals surface area contributed by atoms with E-state index in [9.17, 15) is 0 Å². The fraction of sp³-hybridized carbons (Fsp3) is 0.750. The molecule has 0 aromatic heterocycles. The first kappa shape index (κ1) is 7.39. The van der Waals surface area contributed by atoms with Crippen molar-refractivity contribution in [1.29, 1.82) is 0 Å². The van der Waals surface area contributed by atoms with Crippen molar-refractivity contribution in [1.82, 2.24) is 16.1 Å². The van der Waals surface area contributed by atoms with Crippen LogP contribution in [0.1, 0.15) is 6.92 Å². The van der Waals surface area contributed by atoms with Crippen LogP contribution in [0.2, 0.25) is 0 Å². The molecule has 48 valence electrons. The van der Waals surface area contributed by atoms with Gasteiger partial charge in [0, 0.05) is 20.3 Å². The Kier molecular flexibility index (Phi) is 4.20. The predicted molar refractivity (Wildman–Crippen MR) is 34.1 cm³/mol. The molecular formula is C4H12N4. The largest absolute Gasteiger partial charge is 0.239 e. The van der Waals surface area contributed by atoms with Crippen molar-refractivity contribution < 1.29 is 0 Å². The number of nitrogens with zero attached hydrogens (tertiary/aromatic N) is 2. The Bertz CT molecular complexity index is 70.4. The summed E-state index contributed by atoms with van der Waals surface area (Å²) in [5.74, 6) is 0. The second-order valence-corrected chi connectivity index (χ2v) is 1.27. The lowest BCUT2D eigenvalue weighted by atomic mass is 10.9. The average molecular weight is 116 g/mol. The zero-order valence-electron chi connectivity index (χ0n) is 5.47. The molecule has 0 aliphatic heterocycles. The molecule has 0 rings (SSSR count). The van der Waals surface area contributed by atoms with Gasteiger partial charge < -0.3 is 0 Å². The Morgan fingerprint density at radius 2 is 2.25 bits per heavy atom. The summed E-state index contributed by atoms with van der Waals surface area (Å²) >= 11 is 0. The van der Waals surface area contributed by atoms with Crippen molar-refractivity contribution >= 4 is 6.21 Å². The molecule has 0 aromatic rings. The van der Waals surface area contributed by atoms with Crippen LogP contribution in [0.25, 0.3) is 0 Å². The summed E-state index contributed by atoms with van der Waals surface area (Å²) in [5.41, 5.74) is 5.48. The molecule has 0 amide bonds. The van der Waals surface area contributed by atoms with Gasteiger partial charge in [-0.15, -0.1) is 5.12 Å². The predicted octanol–water partition coefficient (Wildman–Crippen LogP) is -0.437. The number of nitrogens with one attached hydrogen (secondary N) is 2. The summed E-state index contributed by atoms with van der Waals surface area (Å²) in [6.07, 6.45) is 1.67. The van der Waals surface area contributed by atoms with Crippen LogP contribution in [0.3, 0.4) is 0 Å². The van der Waals surface area contributed by atoms with E-state index in [0.717, 1.165) is 0 Å². The highest BCUT2D eigenvalue weighted by Gasteiger charge is 1.81. The van der Waals surface area contributed by atoms with Crippen LogP contribution in [0, 0.1) is 0 Å². The molecule has 4 heteroatoms. The maximum Gasteiger partial charge on any atom is 0.0240 e. The normalized spacial score (nSPS) is 11.0. The monoisotopic (exact) mass is 116 g/mol. The molecular weight excluding hydrogens is 104 g/mol. The van der Waals surface area contributed by atoms with Crippen LogP contribution in [0.15, 0.2) is 5.10 Å². The molecule has 0 aliphatic rings. The fourth-order valence-electron chi connectivity index (χ4n) is 0.194. The summed E-state index contributed by atoms with van der Waals surface area (Å²) in [7, 11) is 3.63. The summed E-state index contributed by atoms with van der Waals surface area (Å²) < 4.78 is 0. The molecule has 0 heterocycles. The van der Waals surface area contributed by atoms with Crippen molar-refractivity contribution in [3.8, 4) is 0 Å². The Labute approximate surface area is 49.5 Å². The minimum atomic E-state index is 1.64. The first-order valence-electron chi connectivity index (χ1n) is 2.45. The van der Waals surface area contributed by atoms with Gasteiger partial charge in [0.1, 0.15) is 0 Å². The van der Waals surface area contributed by atoms with Crippen LogP contribution in [0.5, 0.6) is 0 Å². The summed E-state index contributed by atoms with van der Waals surface area (Å²) in [4.78, 5) is 0. The van der Waals surface area contributed by atoms with Crippen LogP contribution in [-0.2, 0) is 0 Å². The average Bonchev–Trinajstić information content (AvgIpc) is 1.83. The Morgan fingerprint density at radius 1 is 1.62 bits per heavy atom. The van der Waals surface area contributed by atoms with Crippen molar-refractivity contribution in [3.63, 3.8) is 0 Å². The van der Waals surface area contributed by atoms with Crippen molar-refractivity contribution in [3.05, 3.63) is 0 Å².